The topological polar surface area (TPSA) is 361 Å². The molecule has 0 bridgehead atoms. The van der Waals surface area contributed by atoms with E-state index in [9.17, 15) is 65.4 Å². The monoisotopic (exact) mass is 902 g/mol. The molecule has 62 heavy (non-hydrogen) atoms. The van der Waals surface area contributed by atoms with Crippen LogP contribution in [0.5, 0.6) is 0 Å². The van der Waals surface area contributed by atoms with E-state index in [1.807, 2.05) is 0 Å². The molecule has 12 N–H and O–H groups in total. The quantitative estimate of drug-likeness (QED) is 0.0378. The van der Waals surface area contributed by atoms with Crippen molar-refractivity contribution < 1.29 is 108 Å². The minimum absolute atomic E-state index is 0.0970. The first-order chi connectivity index (χ1) is 29.5. The third-order valence-electron chi connectivity index (χ3n) is 11.2. The summed E-state index contributed by atoms with van der Waals surface area (Å²) in [5.41, 5.74) is 0. The van der Waals surface area contributed by atoms with Crippen molar-refractivity contribution in [1.29, 1.82) is 0 Å². The van der Waals surface area contributed by atoms with Crippen molar-refractivity contribution in [2.24, 2.45) is 0 Å². The van der Waals surface area contributed by atoms with Crippen molar-refractivity contribution in [3.05, 3.63) is 0 Å². The molecule has 0 saturated carbocycles. The Kier molecular flexibility index (Phi) is 21.0. The number of carbonyl (C=O) groups excluding carboxylic acids is 3. The van der Waals surface area contributed by atoms with Gasteiger partial charge >= 0.3 is 5.97 Å². The molecule has 4 aliphatic rings. The van der Waals surface area contributed by atoms with Gasteiger partial charge in [0, 0.05) is 26.9 Å². The second-order valence-electron chi connectivity index (χ2n) is 15.9. The van der Waals surface area contributed by atoms with Crippen LogP contribution >= 0.6 is 0 Å². The zero-order valence-corrected chi connectivity index (χ0v) is 35.2. The van der Waals surface area contributed by atoms with Gasteiger partial charge in [-0.2, -0.15) is 0 Å². The van der Waals surface area contributed by atoms with Crippen molar-refractivity contribution in [1.82, 2.24) is 10.6 Å². The van der Waals surface area contributed by atoms with Crippen LogP contribution in [0, 0.1) is 0 Å². The Morgan fingerprint density at radius 1 is 0.516 bits per heavy atom. The molecule has 360 valence electrons. The molecule has 0 aliphatic carbocycles. The third kappa shape index (κ3) is 13.4. The van der Waals surface area contributed by atoms with Gasteiger partial charge in [-0.15, -0.1) is 0 Å². The van der Waals surface area contributed by atoms with E-state index in [0.29, 0.717) is 19.3 Å². The maximum Gasteiger partial charge on any atom is 0.305 e. The zero-order valence-electron chi connectivity index (χ0n) is 35.2. The summed E-state index contributed by atoms with van der Waals surface area (Å²) in [6.45, 7) is 1.21. The average molecular weight is 903 g/mol. The fourth-order valence-corrected chi connectivity index (χ4v) is 7.77. The van der Waals surface area contributed by atoms with Crippen molar-refractivity contribution in [3.8, 4) is 0 Å². The minimum Gasteiger partial charge on any atom is -0.469 e. The fourth-order valence-electron chi connectivity index (χ4n) is 7.77. The number of aliphatic hydroxyl groups excluding tert-OH is 10. The van der Waals surface area contributed by atoms with Gasteiger partial charge in [-0.05, 0) is 19.8 Å². The molecule has 0 unspecified atom stereocenters. The number of aliphatic hydroxyl groups is 10. The number of hydrogen-bond acceptors (Lipinski definition) is 22. The highest BCUT2D eigenvalue weighted by molar-refractivity contribution is 5.73. The number of esters is 1. The molecule has 24 nitrogen and oxygen atoms in total. The maximum absolute atomic E-state index is 12.6. The summed E-state index contributed by atoms with van der Waals surface area (Å²) in [5.74, 6) is -1.61. The van der Waals surface area contributed by atoms with E-state index >= 15 is 0 Å². The van der Waals surface area contributed by atoms with E-state index in [1.165, 1.54) is 21.0 Å². The molecular weight excluding hydrogens is 836 g/mol. The van der Waals surface area contributed by atoms with E-state index in [-0.39, 0.29) is 12.6 Å². The molecule has 0 aromatic rings. The Balaban J connectivity index is 1.65. The second kappa shape index (κ2) is 24.8. The molecule has 0 spiro atoms. The van der Waals surface area contributed by atoms with Crippen molar-refractivity contribution in [2.45, 2.75) is 188 Å². The number of ether oxygens (including phenoxy) is 9. The number of methoxy groups -OCH3 is 1. The first-order valence-corrected chi connectivity index (χ1v) is 20.9. The molecule has 24 heteroatoms. The van der Waals surface area contributed by atoms with Crippen molar-refractivity contribution >= 4 is 17.8 Å². The third-order valence-corrected chi connectivity index (χ3v) is 11.2. The van der Waals surface area contributed by atoms with Gasteiger partial charge in [-0.25, -0.2) is 0 Å². The molecule has 0 radical (unpaired) electrons. The highest BCUT2D eigenvalue weighted by Gasteiger charge is 2.57. The standard InChI is InChI=1S/C38H66N2O22/c1-16-25(47)30(52)31(53)37(56-16)62-34-33(61-36-23(39-17(2)44)29(51)26(48)19(13-41)58-36)28(50)21(15-43)59-38(34)60-32-24(40-18(3)45)35(57-20(14-42)27(32)49)55-12-10-8-6-5-7-9-11-22(46)54-4/h16,19-21,23-38,41-43,47-53H,5-15H2,1-4H3,(H,39,44)(H,40,45)/t16-,19+,20+,21+,23+,24+,25+,26-,27-,28-,29+,30+,31-,32+,33-,34+,35+,36+,37-,38-/m0/s1. The summed E-state index contributed by atoms with van der Waals surface area (Å²) in [5, 5.41) is 112. The normalized spacial score (nSPS) is 41.3. The summed E-state index contributed by atoms with van der Waals surface area (Å²) in [7, 11) is 1.33. The Hall–Kier alpha value is -2.31. The summed E-state index contributed by atoms with van der Waals surface area (Å²) >= 11 is 0. The second-order valence-corrected chi connectivity index (χ2v) is 15.9. The van der Waals surface area contributed by atoms with Gasteiger partial charge in [-0.1, -0.05) is 25.7 Å². The van der Waals surface area contributed by atoms with Gasteiger partial charge in [0.2, 0.25) is 11.8 Å². The largest absolute Gasteiger partial charge is 0.469 e. The molecule has 4 saturated heterocycles. The van der Waals surface area contributed by atoms with Crippen LogP contribution in [-0.4, -0.2) is 225 Å². The number of amides is 2. The van der Waals surface area contributed by atoms with Crippen LogP contribution in [0.4, 0.5) is 0 Å². The molecule has 20 atom stereocenters. The van der Waals surface area contributed by atoms with Gasteiger partial charge in [0.25, 0.3) is 0 Å². The van der Waals surface area contributed by atoms with E-state index < -0.39 is 154 Å². The number of rotatable bonds is 21. The molecular formula is C38H66N2O22. The highest BCUT2D eigenvalue weighted by atomic mass is 16.8. The van der Waals surface area contributed by atoms with E-state index in [4.69, 9.17) is 37.9 Å². The number of carbonyl (C=O) groups is 3. The highest BCUT2D eigenvalue weighted by Crippen LogP contribution is 2.36. The number of hydrogen-bond donors (Lipinski definition) is 12. The lowest BCUT2D eigenvalue weighted by atomic mass is 9.94. The summed E-state index contributed by atoms with van der Waals surface area (Å²) in [4.78, 5) is 36.2. The van der Waals surface area contributed by atoms with Gasteiger partial charge in [-0.3, -0.25) is 14.4 Å². The SMILES string of the molecule is COC(=O)CCCCCCCCO[C@@H]1O[C@H](CO)[C@H](O)[C@H](O[C@@H]2O[C@H](CO)[C@H](O)[C@H](O[C@H]3O[C@H](CO)[C@H](O)[C@H](O)[C@H]3NC(C)=O)[C@H]2O[C@@H]2O[C@@H](C)[C@@H](O)[C@@H](O)[C@@H]2O)[C@H]1NC(C)=O. The predicted molar refractivity (Wildman–Crippen MR) is 204 cm³/mol. The van der Waals surface area contributed by atoms with Gasteiger partial charge in [0.1, 0.15) is 91.4 Å². The number of nitrogens with one attached hydrogen (secondary N) is 2. The lowest BCUT2D eigenvalue weighted by Gasteiger charge is -2.51. The van der Waals surface area contributed by atoms with E-state index in [1.54, 1.807) is 0 Å². The van der Waals surface area contributed by atoms with Crippen LogP contribution in [0.25, 0.3) is 0 Å². The molecule has 4 fully saturated rings. The Bertz CT molecular complexity index is 1390. The van der Waals surface area contributed by atoms with E-state index in [2.05, 4.69) is 15.4 Å². The zero-order chi connectivity index (χ0) is 45.8. The maximum atomic E-state index is 12.6. The lowest BCUT2D eigenvalue weighted by molar-refractivity contribution is -0.397. The Labute approximate surface area is 358 Å². The molecule has 2 amide bonds. The first-order valence-electron chi connectivity index (χ1n) is 20.9. The minimum atomic E-state index is -1.96. The molecule has 4 rings (SSSR count). The molecule has 4 heterocycles. The van der Waals surface area contributed by atoms with Crippen molar-refractivity contribution in [2.75, 3.05) is 33.5 Å². The Morgan fingerprint density at radius 2 is 1.02 bits per heavy atom. The van der Waals surface area contributed by atoms with Crippen LogP contribution in [0.3, 0.4) is 0 Å². The van der Waals surface area contributed by atoms with E-state index in [0.717, 1.165) is 32.6 Å². The van der Waals surface area contributed by atoms with Crippen LogP contribution < -0.4 is 10.6 Å². The average Bonchev–Trinajstić information content (AvgIpc) is 3.24. The van der Waals surface area contributed by atoms with Gasteiger partial charge in [0.05, 0.1) is 33.0 Å². The molecule has 4 aliphatic heterocycles. The predicted octanol–water partition coefficient (Wildman–Crippen LogP) is -5.51. The molecule has 0 aromatic carbocycles. The van der Waals surface area contributed by atoms with Gasteiger partial charge in [0.15, 0.2) is 25.2 Å². The van der Waals surface area contributed by atoms with Gasteiger partial charge < -0.3 is 104 Å². The summed E-state index contributed by atoms with van der Waals surface area (Å²) < 4.78 is 52.6. The first kappa shape index (κ1) is 52.3. The van der Waals surface area contributed by atoms with Crippen LogP contribution in [0.1, 0.15) is 65.7 Å². The smallest absolute Gasteiger partial charge is 0.305 e. The van der Waals surface area contributed by atoms with Crippen LogP contribution in [0.2, 0.25) is 0 Å². The number of unbranched alkanes of at least 4 members (excludes halogenated alkanes) is 5. The van der Waals surface area contributed by atoms with Crippen LogP contribution in [0.15, 0.2) is 0 Å². The fraction of sp³-hybridized carbons (Fsp3) is 0.921. The van der Waals surface area contributed by atoms with Crippen molar-refractivity contribution in [3.63, 3.8) is 0 Å². The molecule has 0 aromatic heterocycles. The van der Waals surface area contributed by atoms with Crippen LogP contribution in [-0.2, 0) is 57.0 Å². The Morgan fingerprint density at radius 3 is 1.61 bits per heavy atom. The summed E-state index contributed by atoms with van der Waals surface area (Å²) in [6.07, 6.45) is -25.6. The summed E-state index contributed by atoms with van der Waals surface area (Å²) in [6, 6.07) is -2.90. The lowest BCUT2D eigenvalue weighted by Crippen LogP contribution is -2.70.